The van der Waals surface area contributed by atoms with Gasteiger partial charge in [-0.2, -0.15) is 0 Å². The molecule has 1 unspecified atom stereocenters. The zero-order valence-corrected chi connectivity index (χ0v) is 10.8. The third-order valence-corrected chi connectivity index (χ3v) is 3.49. The predicted octanol–water partition coefficient (Wildman–Crippen LogP) is 2.68. The molecular weight excluding hydrogens is 186 g/mol. The molecule has 0 bridgehead atoms. The van der Waals surface area contributed by atoms with Gasteiger partial charge in [-0.15, -0.1) is 0 Å². The van der Waals surface area contributed by atoms with Crippen LogP contribution in [0.1, 0.15) is 40.5 Å². The Hall–Kier alpha value is -0.0800. The molecular formula is C13H27NO. The highest BCUT2D eigenvalue weighted by atomic mass is 16.5. The topological polar surface area (TPSA) is 21.3 Å². The van der Waals surface area contributed by atoms with Crippen LogP contribution < -0.4 is 5.32 Å². The molecule has 0 saturated carbocycles. The Bertz CT molecular complexity index is 154. The van der Waals surface area contributed by atoms with Crippen LogP contribution in [0.3, 0.4) is 0 Å². The van der Waals surface area contributed by atoms with Gasteiger partial charge in [0.25, 0.3) is 0 Å². The summed E-state index contributed by atoms with van der Waals surface area (Å²) in [6.45, 7) is 12.4. The molecule has 0 aliphatic carbocycles. The Balaban J connectivity index is 2.15. The third-order valence-electron chi connectivity index (χ3n) is 3.49. The lowest BCUT2D eigenvalue weighted by molar-refractivity contribution is 0.107. The first-order chi connectivity index (χ1) is 7.11. The second-order valence-electron chi connectivity index (χ2n) is 5.45. The first kappa shape index (κ1) is 13.0. The summed E-state index contributed by atoms with van der Waals surface area (Å²) in [6.07, 6.45) is 2.95. The van der Waals surface area contributed by atoms with Crippen LogP contribution in [0.5, 0.6) is 0 Å². The molecule has 0 spiro atoms. The van der Waals surface area contributed by atoms with Gasteiger partial charge in [0.15, 0.2) is 0 Å². The number of rotatable bonds is 6. The summed E-state index contributed by atoms with van der Waals surface area (Å²) in [5, 5.41) is 3.57. The van der Waals surface area contributed by atoms with Crippen molar-refractivity contribution in [2.45, 2.75) is 46.6 Å². The Morgan fingerprint density at radius 2 is 1.87 bits per heavy atom. The average Bonchev–Trinajstić information content (AvgIpc) is 2.63. The fraction of sp³-hybridized carbons (Fsp3) is 1.00. The summed E-state index contributed by atoms with van der Waals surface area (Å²) in [5.74, 6) is 2.32. The molecule has 0 amide bonds. The average molecular weight is 213 g/mol. The second kappa shape index (κ2) is 6.49. The highest BCUT2D eigenvalue weighted by Gasteiger charge is 2.19. The standard InChI is InChI=1S/C13H27NO/c1-10(2)13(11(3)4)9-14-8-12-6-5-7-15-12/h10-14H,5-9H2,1-4H3. The van der Waals surface area contributed by atoms with E-state index in [0.717, 1.165) is 37.5 Å². The maximum absolute atomic E-state index is 5.59. The Labute approximate surface area is 94.8 Å². The van der Waals surface area contributed by atoms with Crippen molar-refractivity contribution < 1.29 is 4.74 Å². The van der Waals surface area contributed by atoms with E-state index in [1.165, 1.54) is 12.8 Å². The van der Waals surface area contributed by atoms with Gasteiger partial charge in [0.1, 0.15) is 0 Å². The van der Waals surface area contributed by atoms with Crippen molar-refractivity contribution in [3.8, 4) is 0 Å². The van der Waals surface area contributed by atoms with E-state index in [1.54, 1.807) is 0 Å². The van der Waals surface area contributed by atoms with Crippen molar-refractivity contribution in [2.24, 2.45) is 17.8 Å². The van der Waals surface area contributed by atoms with Gasteiger partial charge >= 0.3 is 0 Å². The maximum atomic E-state index is 5.59. The lowest BCUT2D eigenvalue weighted by Gasteiger charge is -2.25. The molecule has 1 saturated heterocycles. The highest BCUT2D eigenvalue weighted by Crippen LogP contribution is 2.19. The summed E-state index contributed by atoms with van der Waals surface area (Å²) in [5.41, 5.74) is 0. The molecule has 1 atom stereocenters. The summed E-state index contributed by atoms with van der Waals surface area (Å²) in [4.78, 5) is 0. The number of nitrogens with one attached hydrogen (secondary N) is 1. The largest absolute Gasteiger partial charge is 0.377 e. The molecule has 0 aromatic rings. The van der Waals surface area contributed by atoms with E-state index >= 15 is 0 Å². The van der Waals surface area contributed by atoms with Crippen LogP contribution >= 0.6 is 0 Å². The van der Waals surface area contributed by atoms with Gasteiger partial charge in [0.05, 0.1) is 6.10 Å². The van der Waals surface area contributed by atoms with E-state index in [1.807, 2.05) is 0 Å². The first-order valence-corrected chi connectivity index (χ1v) is 6.43. The minimum Gasteiger partial charge on any atom is -0.377 e. The van der Waals surface area contributed by atoms with Crippen molar-refractivity contribution in [3.63, 3.8) is 0 Å². The second-order valence-corrected chi connectivity index (χ2v) is 5.45. The van der Waals surface area contributed by atoms with Crippen LogP contribution in [0.4, 0.5) is 0 Å². The van der Waals surface area contributed by atoms with Crippen molar-refractivity contribution in [1.82, 2.24) is 5.32 Å². The molecule has 15 heavy (non-hydrogen) atoms. The van der Waals surface area contributed by atoms with Crippen LogP contribution in [-0.2, 0) is 4.74 Å². The number of ether oxygens (including phenoxy) is 1. The van der Waals surface area contributed by atoms with Gasteiger partial charge in [-0.05, 0) is 37.1 Å². The maximum Gasteiger partial charge on any atom is 0.0700 e. The van der Waals surface area contributed by atoms with E-state index in [0.29, 0.717) is 6.10 Å². The van der Waals surface area contributed by atoms with Crippen LogP contribution in [-0.4, -0.2) is 25.8 Å². The zero-order chi connectivity index (χ0) is 11.3. The lowest BCUT2D eigenvalue weighted by Crippen LogP contribution is -2.34. The fourth-order valence-electron chi connectivity index (χ4n) is 2.46. The molecule has 1 aliphatic rings. The smallest absolute Gasteiger partial charge is 0.0700 e. The minimum absolute atomic E-state index is 0.477. The third kappa shape index (κ3) is 4.52. The predicted molar refractivity (Wildman–Crippen MR) is 65.0 cm³/mol. The van der Waals surface area contributed by atoms with Crippen LogP contribution in [0.2, 0.25) is 0 Å². The first-order valence-electron chi connectivity index (χ1n) is 6.43. The SMILES string of the molecule is CC(C)C(CNCC1CCCO1)C(C)C. The Morgan fingerprint density at radius 3 is 2.33 bits per heavy atom. The summed E-state index contributed by atoms with van der Waals surface area (Å²) in [7, 11) is 0. The van der Waals surface area contributed by atoms with Gasteiger partial charge in [0.2, 0.25) is 0 Å². The quantitative estimate of drug-likeness (QED) is 0.732. The molecule has 90 valence electrons. The van der Waals surface area contributed by atoms with Crippen molar-refractivity contribution >= 4 is 0 Å². The molecule has 0 radical (unpaired) electrons. The molecule has 0 aromatic heterocycles. The summed E-state index contributed by atoms with van der Waals surface area (Å²) in [6, 6.07) is 0. The Morgan fingerprint density at radius 1 is 1.20 bits per heavy atom. The van der Waals surface area contributed by atoms with Gasteiger partial charge in [-0.1, -0.05) is 27.7 Å². The molecule has 2 nitrogen and oxygen atoms in total. The van der Waals surface area contributed by atoms with Gasteiger partial charge in [0, 0.05) is 13.2 Å². The molecule has 2 heteroatoms. The van der Waals surface area contributed by atoms with E-state index in [2.05, 4.69) is 33.0 Å². The monoisotopic (exact) mass is 213 g/mol. The van der Waals surface area contributed by atoms with Crippen molar-refractivity contribution in [3.05, 3.63) is 0 Å². The molecule has 1 fully saturated rings. The molecule has 0 aromatic carbocycles. The van der Waals surface area contributed by atoms with Crippen molar-refractivity contribution in [1.29, 1.82) is 0 Å². The van der Waals surface area contributed by atoms with Crippen LogP contribution in [0.25, 0.3) is 0 Å². The zero-order valence-electron chi connectivity index (χ0n) is 10.8. The Kier molecular flexibility index (Phi) is 5.62. The molecule has 1 N–H and O–H groups in total. The van der Waals surface area contributed by atoms with E-state index in [4.69, 9.17) is 4.74 Å². The molecule has 1 rings (SSSR count). The fourth-order valence-corrected chi connectivity index (χ4v) is 2.46. The van der Waals surface area contributed by atoms with E-state index < -0.39 is 0 Å². The number of hydrogen-bond donors (Lipinski definition) is 1. The normalized spacial score (nSPS) is 22.2. The van der Waals surface area contributed by atoms with E-state index in [-0.39, 0.29) is 0 Å². The lowest BCUT2D eigenvalue weighted by atomic mass is 9.85. The van der Waals surface area contributed by atoms with Gasteiger partial charge in [-0.25, -0.2) is 0 Å². The highest BCUT2D eigenvalue weighted by molar-refractivity contribution is 4.72. The molecule has 1 heterocycles. The van der Waals surface area contributed by atoms with Crippen molar-refractivity contribution in [2.75, 3.05) is 19.7 Å². The molecule has 1 aliphatic heterocycles. The van der Waals surface area contributed by atoms with Gasteiger partial charge in [-0.3, -0.25) is 0 Å². The van der Waals surface area contributed by atoms with Crippen LogP contribution in [0, 0.1) is 17.8 Å². The van der Waals surface area contributed by atoms with Crippen LogP contribution in [0.15, 0.2) is 0 Å². The summed E-state index contributed by atoms with van der Waals surface area (Å²) >= 11 is 0. The number of hydrogen-bond acceptors (Lipinski definition) is 2. The minimum atomic E-state index is 0.477. The van der Waals surface area contributed by atoms with E-state index in [9.17, 15) is 0 Å². The summed E-state index contributed by atoms with van der Waals surface area (Å²) < 4.78 is 5.59. The van der Waals surface area contributed by atoms with Gasteiger partial charge < -0.3 is 10.1 Å².